The Balaban J connectivity index is 1.64. The van der Waals surface area contributed by atoms with E-state index in [1.165, 1.54) is 12.1 Å². The predicted molar refractivity (Wildman–Crippen MR) is 93.2 cm³/mol. The van der Waals surface area contributed by atoms with E-state index >= 15 is 0 Å². The number of nitrogens with zero attached hydrogens (tertiary/aromatic N) is 2. The zero-order chi connectivity index (χ0) is 17.1. The normalized spacial score (nSPS) is 12.7. The average molecular weight is 327 g/mol. The fraction of sp³-hybridized carbons (Fsp3) is 0.316. The van der Waals surface area contributed by atoms with Crippen molar-refractivity contribution in [3.63, 3.8) is 0 Å². The third-order valence-electron chi connectivity index (χ3n) is 4.37. The van der Waals surface area contributed by atoms with Gasteiger partial charge in [-0.15, -0.1) is 0 Å². The SMILES string of the molecule is CC(NCCc1nc2cc(F)ccc2n1C)c1cccc(CO)c1. The van der Waals surface area contributed by atoms with Crippen LogP contribution >= 0.6 is 0 Å². The molecule has 126 valence electrons. The van der Waals surface area contributed by atoms with Gasteiger partial charge in [0.2, 0.25) is 0 Å². The molecule has 0 aliphatic heterocycles. The van der Waals surface area contributed by atoms with Crippen LogP contribution < -0.4 is 5.32 Å². The molecule has 2 aromatic carbocycles. The Bertz CT molecular complexity index is 844. The molecule has 1 atom stereocenters. The van der Waals surface area contributed by atoms with Crippen LogP contribution in [-0.2, 0) is 20.1 Å². The molecular weight excluding hydrogens is 305 g/mol. The molecule has 24 heavy (non-hydrogen) atoms. The summed E-state index contributed by atoms with van der Waals surface area (Å²) >= 11 is 0. The monoisotopic (exact) mass is 327 g/mol. The van der Waals surface area contributed by atoms with Crippen LogP contribution in [0.2, 0.25) is 0 Å². The minimum absolute atomic E-state index is 0.0526. The molecule has 3 aromatic rings. The number of rotatable bonds is 6. The number of aromatic nitrogens is 2. The average Bonchev–Trinajstić information content (AvgIpc) is 2.90. The molecule has 0 spiro atoms. The molecule has 0 fully saturated rings. The van der Waals surface area contributed by atoms with Crippen LogP contribution in [0.3, 0.4) is 0 Å². The molecule has 3 rings (SSSR count). The number of fused-ring (bicyclic) bond motifs is 1. The highest BCUT2D eigenvalue weighted by molar-refractivity contribution is 5.75. The van der Waals surface area contributed by atoms with Crippen LogP contribution in [0.15, 0.2) is 42.5 Å². The number of benzene rings is 2. The van der Waals surface area contributed by atoms with Crippen molar-refractivity contribution in [2.75, 3.05) is 6.54 Å². The highest BCUT2D eigenvalue weighted by Crippen LogP contribution is 2.17. The fourth-order valence-electron chi connectivity index (χ4n) is 2.93. The zero-order valence-corrected chi connectivity index (χ0v) is 14.0. The minimum atomic E-state index is -0.261. The lowest BCUT2D eigenvalue weighted by Gasteiger charge is -2.15. The number of nitrogens with one attached hydrogen (secondary N) is 1. The van der Waals surface area contributed by atoms with Crippen LogP contribution in [0.5, 0.6) is 0 Å². The molecule has 2 N–H and O–H groups in total. The number of aryl methyl sites for hydroxylation is 1. The minimum Gasteiger partial charge on any atom is -0.392 e. The summed E-state index contributed by atoms with van der Waals surface area (Å²) in [4.78, 5) is 4.52. The quantitative estimate of drug-likeness (QED) is 0.731. The number of hydrogen-bond acceptors (Lipinski definition) is 3. The van der Waals surface area contributed by atoms with Gasteiger partial charge >= 0.3 is 0 Å². The first-order chi connectivity index (χ1) is 11.6. The van der Waals surface area contributed by atoms with Crippen molar-refractivity contribution >= 4 is 11.0 Å². The standard InChI is InChI=1S/C19H22FN3O/c1-13(15-5-3-4-14(10-15)12-24)21-9-8-19-22-17-11-16(20)6-7-18(17)23(19)2/h3-7,10-11,13,21,24H,8-9,12H2,1-2H3. The van der Waals surface area contributed by atoms with Gasteiger partial charge < -0.3 is 15.0 Å². The van der Waals surface area contributed by atoms with Gasteiger partial charge in [0.15, 0.2) is 0 Å². The highest BCUT2D eigenvalue weighted by Gasteiger charge is 2.10. The second kappa shape index (κ2) is 7.11. The van der Waals surface area contributed by atoms with E-state index in [1.807, 2.05) is 29.8 Å². The third-order valence-corrected chi connectivity index (χ3v) is 4.37. The lowest BCUT2D eigenvalue weighted by Crippen LogP contribution is -2.22. The molecule has 4 nitrogen and oxygen atoms in total. The van der Waals surface area contributed by atoms with Crippen LogP contribution in [0.25, 0.3) is 11.0 Å². The summed E-state index contributed by atoms with van der Waals surface area (Å²) in [5.41, 5.74) is 3.69. The predicted octanol–water partition coefficient (Wildman–Crippen LogP) is 3.10. The largest absolute Gasteiger partial charge is 0.392 e. The molecule has 5 heteroatoms. The van der Waals surface area contributed by atoms with Crippen molar-refractivity contribution < 1.29 is 9.50 Å². The fourth-order valence-corrected chi connectivity index (χ4v) is 2.93. The van der Waals surface area contributed by atoms with Gasteiger partial charge in [-0.1, -0.05) is 24.3 Å². The lowest BCUT2D eigenvalue weighted by atomic mass is 10.1. The molecule has 1 heterocycles. The molecule has 0 amide bonds. The van der Waals surface area contributed by atoms with Crippen molar-refractivity contribution in [1.29, 1.82) is 0 Å². The molecule has 0 aliphatic rings. The summed E-state index contributed by atoms with van der Waals surface area (Å²) < 4.78 is 15.3. The smallest absolute Gasteiger partial charge is 0.125 e. The Morgan fingerprint density at radius 3 is 2.88 bits per heavy atom. The van der Waals surface area contributed by atoms with E-state index < -0.39 is 0 Å². The summed E-state index contributed by atoms with van der Waals surface area (Å²) in [5.74, 6) is 0.669. The number of aliphatic hydroxyl groups is 1. The Kier molecular flexibility index (Phi) is 4.92. The lowest BCUT2D eigenvalue weighted by molar-refractivity contribution is 0.281. The highest BCUT2D eigenvalue weighted by atomic mass is 19.1. The van der Waals surface area contributed by atoms with Crippen molar-refractivity contribution in [3.05, 3.63) is 65.2 Å². The number of halogens is 1. The van der Waals surface area contributed by atoms with E-state index in [0.717, 1.165) is 35.4 Å². The number of hydrogen-bond donors (Lipinski definition) is 2. The first-order valence-electron chi connectivity index (χ1n) is 8.12. The van der Waals surface area contributed by atoms with Crippen LogP contribution in [0.1, 0.15) is 29.9 Å². The van der Waals surface area contributed by atoms with Crippen molar-refractivity contribution in [2.45, 2.75) is 26.0 Å². The van der Waals surface area contributed by atoms with Gasteiger partial charge in [-0.3, -0.25) is 0 Å². The first kappa shape index (κ1) is 16.6. The van der Waals surface area contributed by atoms with Gasteiger partial charge in [0.05, 0.1) is 17.6 Å². The van der Waals surface area contributed by atoms with E-state index in [0.29, 0.717) is 5.52 Å². The van der Waals surface area contributed by atoms with Gasteiger partial charge in [0, 0.05) is 32.1 Å². The molecule has 0 bridgehead atoms. The molecule has 0 saturated heterocycles. The van der Waals surface area contributed by atoms with Crippen LogP contribution in [-0.4, -0.2) is 21.2 Å². The van der Waals surface area contributed by atoms with E-state index in [2.05, 4.69) is 23.3 Å². The maximum Gasteiger partial charge on any atom is 0.125 e. The zero-order valence-electron chi connectivity index (χ0n) is 14.0. The van der Waals surface area contributed by atoms with Crippen LogP contribution in [0.4, 0.5) is 4.39 Å². The third kappa shape index (κ3) is 3.47. The molecule has 0 aliphatic carbocycles. The van der Waals surface area contributed by atoms with Crippen LogP contribution in [0, 0.1) is 5.82 Å². The summed E-state index contributed by atoms with van der Waals surface area (Å²) in [5, 5.41) is 12.7. The van der Waals surface area contributed by atoms with E-state index in [1.54, 1.807) is 6.07 Å². The van der Waals surface area contributed by atoms with Gasteiger partial charge in [0.25, 0.3) is 0 Å². The van der Waals surface area contributed by atoms with Gasteiger partial charge in [-0.05, 0) is 30.2 Å². The maximum atomic E-state index is 13.3. The molecule has 0 saturated carbocycles. The molecular formula is C19H22FN3O. The number of aliphatic hydroxyl groups excluding tert-OH is 1. The summed E-state index contributed by atoms with van der Waals surface area (Å²) in [7, 11) is 1.96. The molecule has 1 aromatic heterocycles. The second-order valence-electron chi connectivity index (χ2n) is 6.05. The van der Waals surface area contributed by atoms with E-state index in [9.17, 15) is 9.50 Å². The maximum absolute atomic E-state index is 13.3. The first-order valence-corrected chi connectivity index (χ1v) is 8.12. The molecule has 0 radical (unpaired) electrons. The Labute approximate surface area is 141 Å². The van der Waals surface area contributed by atoms with E-state index in [4.69, 9.17) is 0 Å². The summed E-state index contributed by atoms with van der Waals surface area (Å²) in [6.07, 6.45) is 0.761. The second-order valence-corrected chi connectivity index (χ2v) is 6.05. The topological polar surface area (TPSA) is 50.1 Å². The van der Waals surface area contributed by atoms with Gasteiger partial charge in [-0.25, -0.2) is 9.37 Å². The summed E-state index contributed by atoms with van der Waals surface area (Å²) in [6.45, 7) is 2.92. The Hall–Kier alpha value is -2.24. The van der Waals surface area contributed by atoms with Gasteiger partial charge in [0.1, 0.15) is 11.6 Å². The Morgan fingerprint density at radius 1 is 1.25 bits per heavy atom. The van der Waals surface area contributed by atoms with E-state index in [-0.39, 0.29) is 18.5 Å². The van der Waals surface area contributed by atoms with Gasteiger partial charge in [-0.2, -0.15) is 0 Å². The summed E-state index contributed by atoms with van der Waals surface area (Å²) in [6, 6.07) is 12.8. The number of imidazole rings is 1. The van der Waals surface area contributed by atoms with Crippen molar-refractivity contribution in [1.82, 2.24) is 14.9 Å². The molecule has 1 unspecified atom stereocenters. The Morgan fingerprint density at radius 2 is 2.08 bits per heavy atom. The van der Waals surface area contributed by atoms with Crippen molar-refractivity contribution in [2.24, 2.45) is 7.05 Å². The van der Waals surface area contributed by atoms with Crippen molar-refractivity contribution in [3.8, 4) is 0 Å².